The maximum Gasteiger partial charge on any atom is 0.201 e. The van der Waals surface area contributed by atoms with Crippen LogP contribution in [0.3, 0.4) is 0 Å². The molecule has 0 fully saturated rings. The summed E-state index contributed by atoms with van der Waals surface area (Å²) >= 11 is 9.46. The van der Waals surface area contributed by atoms with Crippen molar-refractivity contribution in [3.63, 3.8) is 0 Å². The van der Waals surface area contributed by atoms with E-state index >= 15 is 0 Å². The van der Waals surface area contributed by atoms with Gasteiger partial charge in [0.25, 0.3) is 0 Å². The van der Waals surface area contributed by atoms with Gasteiger partial charge in [0.05, 0.1) is 9.92 Å². The van der Waals surface area contributed by atoms with E-state index < -0.39 is 11.1 Å². The lowest BCUT2D eigenvalue weighted by Gasteiger charge is -2.06. The van der Waals surface area contributed by atoms with Gasteiger partial charge in [-0.3, -0.25) is 0 Å². The Morgan fingerprint density at radius 3 is 2.23 bits per heavy atom. The fourth-order valence-electron chi connectivity index (χ4n) is 0.771. The van der Waals surface area contributed by atoms with Crippen molar-refractivity contribution in [1.82, 2.24) is 0 Å². The van der Waals surface area contributed by atoms with Gasteiger partial charge in [0, 0.05) is 0 Å². The molecular weight excluding hydrogens is 437 g/mol. The summed E-state index contributed by atoms with van der Waals surface area (Å²) in [5.41, 5.74) is 0. The van der Waals surface area contributed by atoms with Crippen LogP contribution in [0.1, 0.15) is 0 Å². The van der Waals surface area contributed by atoms with E-state index in [2.05, 4.69) is 0 Å². The van der Waals surface area contributed by atoms with E-state index in [0.29, 0.717) is 0 Å². The summed E-state index contributed by atoms with van der Waals surface area (Å²) < 4.78 is 22.8. The van der Waals surface area contributed by atoms with Crippen LogP contribution in [0.25, 0.3) is 0 Å². The van der Waals surface area contributed by atoms with Gasteiger partial charge in [-0.2, -0.15) is 0 Å². The molecule has 0 aliphatic heterocycles. The highest BCUT2D eigenvalue weighted by Crippen LogP contribution is 2.30. The van der Waals surface area contributed by atoms with Crippen molar-refractivity contribution in [3.8, 4) is 0 Å². The monoisotopic (exact) mass is 442 g/mol. The van der Waals surface area contributed by atoms with Crippen LogP contribution < -0.4 is 0 Å². The van der Waals surface area contributed by atoms with Crippen LogP contribution in [0, 0.1) is 0 Å². The standard InChI is InChI=1S/C7H5ClI2O2S/c8-5-3-1-2-4-6(5)13(11,12)7(9)10/h1-4,7H. The largest absolute Gasteiger partial charge is 0.222 e. The maximum atomic E-state index is 11.7. The third-order valence-electron chi connectivity index (χ3n) is 1.38. The minimum atomic E-state index is -3.27. The van der Waals surface area contributed by atoms with E-state index in [0.717, 1.165) is 0 Å². The van der Waals surface area contributed by atoms with Crippen LogP contribution in [0.5, 0.6) is 0 Å². The molecular formula is C7H5ClI2O2S. The van der Waals surface area contributed by atoms with Gasteiger partial charge in [-0.25, -0.2) is 8.42 Å². The highest BCUT2D eigenvalue weighted by molar-refractivity contribution is 14.2. The molecule has 0 spiro atoms. The second-order valence-corrected chi connectivity index (χ2v) is 11.2. The summed E-state index contributed by atoms with van der Waals surface area (Å²) in [5.74, 6) is 0. The van der Waals surface area contributed by atoms with Gasteiger partial charge >= 0.3 is 0 Å². The Morgan fingerprint density at radius 1 is 1.23 bits per heavy atom. The Balaban J connectivity index is 3.32. The summed E-state index contributed by atoms with van der Waals surface area (Å²) in [5, 5.41) is 0.279. The van der Waals surface area contributed by atoms with E-state index in [1.807, 2.05) is 45.2 Å². The molecule has 0 heterocycles. The molecule has 0 unspecified atom stereocenters. The van der Waals surface area contributed by atoms with Crippen molar-refractivity contribution in [3.05, 3.63) is 29.3 Å². The van der Waals surface area contributed by atoms with E-state index in [1.54, 1.807) is 18.2 Å². The van der Waals surface area contributed by atoms with Crippen molar-refractivity contribution in [1.29, 1.82) is 0 Å². The maximum absolute atomic E-state index is 11.7. The Morgan fingerprint density at radius 2 is 1.77 bits per heavy atom. The van der Waals surface area contributed by atoms with Gasteiger partial charge < -0.3 is 0 Å². The molecule has 6 heteroatoms. The number of alkyl halides is 2. The minimum absolute atomic E-state index is 0.200. The van der Waals surface area contributed by atoms with Crippen molar-refractivity contribution in [2.75, 3.05) is 0 Å². The topological polar surface area (TPSA) is 34.1 Å². The summed E-state index contributed by atoms with van der Waals surface area (Å²) in [6, 6.07) is 6.46. The van der Waals surface area contributed by atoms with E-state index in [-0.39, 0.29) is 9.92 Å². The molecule has 0 bridgehead atoms. The molecule has 13 heavy (non-hydrogen) atoms. The number of hydrogen-bond acceptors (Lipinski definition) is 2. The third kappa shape index (κ3) is 2.69. The van der Waals surface area contributed by atoms with Crippen molar-refractivity contribution >= 4 is 66.6 Å². The second kappa shape index (κ2) is 4.63. The minimum Gasteiger partial charge on any atom is -0.222 e. The first kappa shape index (κ1) is 12.0. The first-order chi connectivity index (χ1) is 5.96. The highest BCUT2D eigenvalue weighted by Gasteiger charge is 2.23. The quantitative estimate of drug-likeness (QED) is 0.521. The molecule has 72 valence electrons. The Hall–Kier alpha value is 0.920. The smallest absolute Gasteiger partial charge is 0.201 e. The van der Waals surface area contributed by atoms with Gasteiger partial charge in [0.1, 0.15) is 0 Å². The summed E-state index contributed by atoms with van der Waals surface area (Å²) in [7, 11) is -3.27. The van der Waals surface area contributed by atoms with Crippen molar-refractivity contribution < 1.29 is 8.42 Å². The van der Waals surface area contributed by atoms with Gasteiger partial charge in [0.2, 0.25) is 9.84 Å². The zero-order chi connectivity index (χ0) is 10.1. The Kier molecular flexibility index (Phi) is 4.27. The molecule has 0 aromatic heterocycles. The lowest BCUT2D eigenvalue weighted by Crippen LogP contribution is -2.08. The van der Waals surface area contributed by atoms with Crippen LogP contribution in [-0.2, 0) is 9.84 Å². The first-order valence-electron chi connectivity index (χ1n) is 3.23. The molecule has 0 amide bonds. The molecule has 1 aromatic carbocycles. The lowest BCUT2D eigenvalue weighted by atomic mass is 10.4. The first-order valence-corrected chi connectivity index (χ1v) is 7.64. The zero-order valence-electron chi connectivity index (χ0n) is 6.25. The van der Waals surface area contributed by atoms with Crippen LogP contribution in [-0.4, -0.2) is 9.68 Å². The summed E-state index contributed by atoms with van der Waals surface area (Å²) in [4.78, 5) is 0.200. The molecule has 0 aliphatic carbocycles. The average Bonchev–Trinajstić information content (AvgIpc) is 2.04. The molecule has 1 aromatic rings. The molecule has 0 saturated heterocycles. The fourth-order valence-corrected chi connectivity index (χ4v) is 3.67. The van der Waals surface area contributed by atoms with Crippen LogP contribution >= 0.6 is 56.8 Å². The third-order valence-corrected chi connectivity index (χ3v) is 7.27. The van der Waals surface area contributed by atoms with Crippen molar-refractivity contribution in [2.24, 2.45) is 0 Å². The molecule has 0 aliphatic rings. The lowest BCUT2D eigenvalue weighted by molar-refractivity contribution is 0.600. The van der Waals surface area contributed by atoms with Gasteiger partial charge in [-0.1, -0.05) is 68.9 Å². The summed E-state index contributed by atoms with van der Waals surface area (Å²) in [6.07, 6.45) is 0. The Bertz CT molecular complexity index is 403. The van der Waals surface area contributed by atoms with Crippen LogP contribution in [0.15, 0.2) is 29.2 Å². The Labute approximate surface area is 109 Å². The van der Waals surface area contributed by atoms with Crippen LogP contribution in [0.2, 0.25) is 5.02 Å². The number of rotatable bonds is 2. The molecule has 1 rings (SSSR count). The zero-order valence-corrected chi connectivity index (χ0v) is 12.1. The molecule has 0 N–H and O–H groups in total. The molecule has 0 radical (unpaired) electrons. The molecule has 2 nitrogen and oxygen atoms in total. The van der Waals surface area contributed by atoms with E-state index in [1.165, 1.54) is 6.07 Å². The van der Waals surface area contributed by atoms with Gasteiger partial charge in [-0.15, -0.1) is 0 Å². The highest BCUT2D eigenvalue weighted by atomic mass is 127. The number of benzene rings is 1. The SMILES string of the molecule is O=S(=O)(c1ccccc1Cl)C(I)I. The normalized spacial score (nSPS) is 12.0. The van der Waals surface area contributed by atoms with Gasteiger partial charge in [0.15, 0.2) is 1.26 Å². The summed E-state index contributed by atoms with van der Waals surface area (Å²) in [6.45, 7) is 0. The van der Waals surface area contributed by atoms with E-state index in [4.69, 9.17) is 11.6 Å². The predicted octanol–water partition coefficient (Wildman–Crippen LogP) is 3.27. The fraction of sp³-hybridized carbons (Fsp3) is 0.143. The van der Waals surface area contributed by atoms with Crippen LogP contribution in [0.4, 0.5) is 0 Å². The van der Waals surface area contributed by atoms with Gasteiger partial charge in [-0.05, 0) is 12.1 Å². The number of sulfone groups is 1. The molecule has 0 atom stereocenters. The van der Waals surface area contributed by atoms with E-state index in [9.17, 15) is 8.42 Å². The second-order valence-electron chi connectivity index (χ2n) is 2.24. The number of halogens is 3. The molecule has 0 saturated carbocycles. The number of hydrogen-bond donors (Lipinski definition) is 0. The average molecular weight is 442 g/mol. The van der Waals surface area contributed by atoms with Crippen molar-refractivity contribution in [2.45, 2.75) is 6.16 Å². The predicted molar refractivity (Wildman–Crippen MR) is 70.5 cm³/mol.